The zero-order valence-corrected chi connectivity index (χ0v) is 17.7. The number of para-hydroxylation sites is 1. The molecule has 0 spiro atoms. The average molecular weight is 444 g/mol. The number of ether oxygens (including phenoxy) is 2. The number of carbonyl (C=O) groups excluding carboxylic acids is 1. The molecule has 0 aromatic heterocycles. The number of carbonyl (C=O) groups is 1. The summed E-state index contributed by atoms with van der Waals surface area (Å²) in [4.78, 5) is 12.0. The molecule has 0 bridgehead atoms. The topological polar surface area (TPSA) is 68.1 Å². The number of halogens is 2. The first kappa shape index (κ1) is 21.7. The summed E-state index contributed by atoms with van der Waals surface area (Å²) in [6.07, 6.45) is 0. The Balaban J connectivity index is 1.95. The number of hydrogen-bond acceptors (Lipinski definition) is 5. The number of rotatable bonds is 8. The molecule has 0 heterocycles. The van der Waals surface area contributed by atoms with Crippen LogP contribution in [0.5, 0.6) is 11.5 Å². The van der Waals surface area contributed by atoms with Crippen molar-refractivity contribution in [2.45, 2.75) is 20.1 Å². The van der Waals surface area contributed by atoms with E-state index in [0.717, 1.165) is 11.1 Å². The molecule has 3 rings (SSSR count). The molecule has 7 heteroatoms. The van der Waals surface area contributed by atoms with Crippen LogP contribution in [0.25, 0.3) is 0 Å². The second-order valence-corrected chi connectivity index (χ2v) is 7.21. The normalized spacial score (nSPS) is 11.2. The van der Waals surface area contributed by atoms with Gasteiger partial charge in [0.2, 0.25) is 0 Å². The Hall–Kier alpha value is -3.02. The van der Waals surface area contributed by atoms with E-state index in [1.54, 1.807) is 30.3 Å². The van der Waals surface area contributed by atoms with Gasteiger partial charge in [0.05, 0.1) is 5.56 Å². The van der Waals surface area contributed by atoms with Crippen LogP contribution in [0, 0.1) is 0 Å². The van der Waals surface area contributed by atoms with Gasteiger partial charge in [0.25, 0.3) is 0 Å². The lowest BCUT2D eigenvalue weighted by Gasteiger charge is -2.17. The molecule has 0 fully saturated rings. The van der Waals surface area contributed by atoms with Crippen molar-refractivity contribution in [3.8, 4) is 11.5 Å². The molecule has 30 heavy (non-hydrogen) atoms. The van der Waals surface area contributed by atoms with E-state index in [9.17, 15) is 10.0 Å². The van der Waals surface area contributed by atoms with Crippen molar-refractivity contribution in [2.24, 2.45) is 5.16 Å². The van der Waals surface area contributed by atoms with Gasteiger partial charge in [0.15, 0.2) is 23.0 Å². The van der Waals surface area contributed by atoms with Gasteiger partial charge in [-0.25, -0.2) is 0 Å². The predicted molar refractivity (Wildman–Crippen MR) is 117 cm³/mol. The molecule has 3 aromatic carbocycles. The molecular weight excluding hydrogens is 425 g/mol. The maximum absolute atomic E-state index is 12.0. The van der Waals surface area contributed by atoms with Gasteiger partial charge in [-0.2, -0.15) is 0 Å². The van der Waals surface area contributed by atoms with Crippen molar-refractivity contribution in [3.05, 3.63) is 93.5 Å². The molecule has 0 saturated carbocycles. The first-order valence-corrected chi connectivity index (χ1v) is 9.85. The number of Topliss-reactive ketones (excluding diaryl/α,β-unsaturated/α-hetero) is 1. The highest BCUT2D eigenvalue weighted by molar-refractivity contribution is 6.46. The van der Waals surface area contributed by atoms with Gasteiger partial charge in [-0.15, -0.1) is 0 Å². The lowest BCUT2D eigenvalue weighted by molar-refractivity contribution is -0.111. The fraction of sp³-hybridized carbons (Fsp3) is 0.130. The summed E-state index contributed by atoms with van der Waals surface area (Å²) in [6.45, 7) is 1.64. The van der Waals surface area contributed by atoms with Gasteiger partial charge in [-0.1, -0.05) is 70.8 Å². The minimum atomic E-state index is -0.414. The van der Waals surface area contributed by atoms with Crippen molar-refractivity contribution in [1.29, 1.82) is 0 Å². The second-order valence-electron chi connectivity index (χ2n) is 6.40. The Labute approximate surface area is 184 Å². The number of benzene rings is 3. The molecule has 0 radical (unpaired) electrons. The Morgan fingerprint density at radius 2 is 1.43 bits per heavy atom. The molecule has 0 atom stereocenters. The van der Waals surface area contributed by atoms with Gasteiger partial charge < -0.3 is 14.7 Å². The molecule has 0 aliphatic rings. The first-order chi connectivity index (χ1) is 14.5. The molecule has 0 unspecified atom stereocenters. The van der Waals surface area contributed by atoms with Crippen LogP contribution >= 0.6 is 23.2 Å². The fourth-order valence-electron chi connectivity index (χ4n) is 2.82. The maximum atomic E-state index is 12.0. The summed E-state index contributed by atoms with van der Waals surface area (Å²) < 4.78 is 11.9. The van der Waals surface area contributed by atoms with Gasteiger partial charge in [0.1, 0.15) is 13.2 Å². The van der Waals surface area contributed by atoms with Gasteiger partial charge in [-0.05, 0) is 24.3 Å². The third kappa shape index (κ3) is 5.12. The number of ketones is 1. The van der Waals surface area contributed by atoms with Crippen molar-refractivity contribution in [2.75, 3.05) is 0 Å². The van der Waals surface area contributed by atoms with E-state index in [1.807, 2.05) is 36.4 Å². The van der Waals surface area contributed by atoms with E-state index in [2.05, 4.69) is 5.16 Å². The molecule has 0 aliphatic carbocycles. The number of nitrogens with zero attached hydrogens (tertiary/aromatic N) is 1. The lowest BCUT2D eigenvalue weighted by Crippen LogP contribution is -2.14. The van der Waals surface area contributed by atoms with E-state index in [4.69, 9.17) is 32.7 Å². The molecule has 0 saturated heterocycles. The van der Waals surface area contributed by atoms with Gasteiger partial charge in [-0.3, -0.25) is 4.79 Å². The van der Waals surface area contributed by atoms with Crippen LogP contribution in [0.4, 0.5) is 0 Å². The second kappa shape index (κ2) is 10.1. The molecule has 0 amide bonds. The highest BCUT2D eigenvalue weighted by Gasteiger charge is 2.20. The van der Waals surface area contributed by atoms with Crippen LogP contribution in [0.2, 0.25) is 10.0 Å². The summed E-state index contributed by atoms with van der Waals surface area (Å²) in [7, 11) is 0. The van der Waals surface area contributed by atoms with E-state index >= 15 is 0 Å². The van der Waals surface area contributed by atoms with Crippen molar-refractivity contribution >= 4 is 34.7 Å². The first-order valence-electron chi connectivity index (χ1n) is 9.10. The molecule has 3 aromatic rings. The fourth-order valence-corrected chi connectivity index (χ4v) is 3.20. The average Bonchev–Trinajstić information content (AvgIpc) is 2.73. The SMILES string of the molecule is CC(=O)/C(=N\O)c1cccc(OCc2ccccc2Cl)c1OCc1ccccc1Cl. The lowest BCUT2D eigenvalue weighted by atomic mass is 10.1. The molecule has 1 N–H and O–H groups in total. The largest absolute Gasteiger partial charge is 0.485 e. The van der Waals surface area contributed by atoms with E-state index in [0.29, 0.717) is 21.4 Å². The van der Waals surface area contributed by atoms with Crippen LogP contribution in [0.1, 0.15) is 23.6 Å². The Bertz CT molecular complexity index is 1080. The Morgan fingerprint density at radius 3 is 1.97 bits per heavy atom. The van der Waals surface area contributed by atoms with Crippen LogP contribution in [-0.2, 0) is 18.0 Å². The summed E-state index contributed by atoms with van der Waals surface area (Å²) in [5, 5.41) is 13.6. The van der Waals surface area contributed by atoms with E-state index < -0.39 is 5.78 Å². The number of hydrogen-bond donors (Lipinski definition) is 1. The van der Waals surface area contributed by atoms with Crippen molar-refractivity contribution in [3.63, 3.8) is 0 Å². The molecular formula is C23H19Cl2NO4. The van der Waals surface area contributed by atoms with Crippen molar-refractivity contribution in [1.82, 2.24) is 0 Å². The highest BCUT2D eigenvalue weighted by Crippen LogP contribution is 2.34. The highest BCUT2D eigenvalue weighted by atomic mass is 35.5. The Morgan fingerprint density at radius 1 is 0.867 bits per heavy atom. The van der Waals surface area contributed by atoms with Crippen LogP contribution < -0.4 is 9.47 Å². The molecule has 0 aliphatic heterocycles. The zero-order chi connectivity index (χ0) is 21.5. The van der Waals surface area contributed by atoms with E-state index in [-0.39, 0.29) is 24.7 Å². The third-order valence-electron chi connectivity index (χ3n) is 4.34. The third-order valence-corrected chi connectivity index (χ3v) is 5.08. The van der Waals surface area contributed by atoms with Gasteiger partial charge in [0, 0.05) is 28.1 Å². The van der Waals surface area contributed by atoms with Gasteiger partial charge >= 0.3 is 0 Å². The summed E-state index contributed by atoms with van der Waals surface area (Å²) in [5.41, 5.74) is 1.74. The zero-order valence-electron chi connectivity index (χ0n) is 16.1. The quantitative estimate of drug-likeness (QED) is 0.266. The summed E-state index contributed by atoms with van der Waals surface area (Å²) in [6, 6.07) is 19.6. The smallest absolute Gasteiger partial charge is 0.182 e. The van der Waals surface area contributed by atoms with Crippen molar-refractivity contribution < 1.29 is 19.5 Å². The predicted octanol–water partition coefficient (Wildman–Crippen LogP) is 5.92. The Kier molecular flexibility index (Phi) is 7.33. The standard InChI is InChI=1S/C23H19Cl2NO4/c1-15(27)22(26-28)18-9-6-12-21(29-13-16-7-2-4-10-19(16)24)23(18)30-14-17-8-3-5-11-20(17)25/h2-12,28H,13-14H2,1H3/b26-22+. The van der Waals surface area contributed by atoms with Crippen LogP contribution in [0.15, 0.2) is 71.9 Å². The van der Waals surface area contributed by atoms with Crippen LogP contribution in [0.3, 0.4) is 0 Å². The summed E-state index contributed by atoms with van der Waals surface area (Å²) >= 11 is 12.4. The minimum Gasteiger partial charge on any atom is -0.485 e. The number of oxime groups is 1. The summed E-state index contributed by atoms with van der Waals surface area (Å²) in [5.74, 6) is 0.234. The van der Waals surface area contributed by atoms with E-state index in [1.165, 1.54) is 6.92 Å². The van der Waals surface area contributed by atoms with Crippen LogP contribution in [-0.4, -0.2) is 16.7 Å². The monoisotopic (exact) mass is 443 g/mol. The molecule has 5 nitrogen and oxygen atoms in total. The molecule has 154 valence electrons. The minimum absolute atomic E-state index is 0.132. The maximum Gasteiger partial charge on any atom is 0.182 e.